The van der Waals surface area contributed by atoms with Crippen LogP contribution in [-0.4, -0.2) is 16.5 Å². The van der Waals surface area contributed by atoms with Crippen LogP contribution in [0.5, 0.6) is 11.6 Å². The number of rotatable bonds is 6. The average molecular weight is 285 g/mol. The molecule has 0 fully saturated rings. The van der Waals surface area contributed by atoms with E-state index in [0.29, 0.717) is 5.88 Å². The minimum Gasteiger partial charge on any atom is -0.439 e. The Hall–Kier alpha value is -2.10. The Morgan fingerprint density at radius 2 is 1.90 bits per heavy atom. The third-order valence-corrected chi connectivity index (χ3v) is 3.16. The fourth-order valence-electron chi connectivity index (χ4n) is 2.03. The van der Waals surface area contributed by atoms with Crippen LogP contribution in [0.4, 0.5) is 5.82 Å². The van der Waals surface area contributed by atoms with Crippen LogP contribution in [0.3, 0.4) is 0 Å². The number of hydrogen-bond donors (Lipinski definition) is 1. The normalized spacial score (nSPS) is 10.7. The van der Waals surface area contributed by atoms with Crippen LogP contribution in [0.1, 0.15) is 45.0 Å². The summed E-state index contributed by atoms with van der Waals surface area (Å²) in [4.78, 5) is 9.02. The third kappa shape index (κ3) is 3.94. The number of aromatic nitrogens is 2. The molecule has 112 valence electrons. The fraction of sp³-hybridized carbons (Fsp3) is 0.412. The molecule has 0 spiro atoms. The van der Waals surface area contributed by atoms with E-state index in [-0.39, 0.29) is 5.92 Å². The third-order valence-electron chi connectivity index (χ3n) is 3.16. The van der Waals surface area contributed by atoms with E-state index < -0.39 is 0 Å². The van der Waals surface area contributed by atoms with E-state index in [2.05, 4.69) is 42.1 Å². The molecule has 0 amide bonds. The van der Waals surface area contributed by atoms with Gasteiger partial charge in [0, 0.05) is 18.5 Å². The summed E-state index contributed by atoms with van der Waals surface area (Å²) < 4.78 is 5.99. The van der Waals surface area contributed by atoms with Crippen molar-refractivity contribution in [2.24, 2.45) is 0 Å². The molecule has 0 saturated carbocycles. The summed E-state index contributed by atoms with van der Waals surface area (Å²) >= 11 is 0. The van der Waals surface area contributed by atoms with Crippen molar-refractivity contribution in [1.29, 1.82) is 0 Å². The maximum Gasteiger partial charge on any atom is 0.224 e. The van der Waals surface area contributed by atoms with Crippen molar-refractivity contribution >= 4 is 5.82 Å². The summed E-state index contributed by atoms with van der Waals surface area (Å²) in [6, 6.07) is 9.90. The number of para-hydroxylation sites is 1. The molecule has 0 atom stereocenters. The standard InChI is InChI=1S/C17H23N3O/c1-5-13-9-7-8-10-14(13)21-16-11-15(18-6-2)19-17(20-16)12(3)4/h7-12H,5-6H2,1-4H3,(H,18,19,20). The Labute approximate surface area is 126 Å². The molecule has 1 aromatic carbocycles. The lowest BCUT2D eigenvalue weighted by molar-refractivity contribution is 0.452. The predicted molar refractivity (Wildman–Crippen MR) is 86.2 cm³/mol. The van der Waals surface area contributed by atoms with Gasteiger partial charge >= 0.3 is 0 Å². The van der Waals surface area contributed by atoms with Crippen molar-refractivity contribution in [3.05, 3.63) is 41.7 Å². The summed E-state index contributed by atoms with van der Waals surface area (Å²) in [5, 5.41) is 3.23. The first-order valence-electron chi connectivity index (χ1n) is 7.52. The van der Waals surface area contributed by atoms with Gasteiger partial charge < -0.3 is 10.1 Å². The van der Waals surface area contributed by atoms with Gasteiger partial charge in [-0.2, -0.15) is 4.98 Å². The van der Waals surface area contributed by atoms with E-state index >= 15 is 0 Å². The Kier molecular flexibility index (Phi) is 5.14. The lowest BCUT2D eigenvalue weighted by Crippen LogP contribution is -2.06. The van der Waals surface area contributed by atoms with Crippen LogP contribution in [0.25, 0.3) is 0 Å². The molecular formula is C17H23N3O. The highest BCUT2D eigenvalue weighted by atomic mass is 16.5. The fourth-order valence-corrected chi connectivity index (χ4v) is 2.03. The number of nitrogens with zero attached hydrogens (tertiary/aromatic N) is 2. The Bertz CT molecular complexity index is 596. The summed E-state index contributed by atoms with van der Waals surface area (Å²) in [7, 11) is 0. The number of aryl methyl sites for hydroxylation is 1. The maximum absolute atomic E-state index is 5.99. The first kappa shape index (κ1) is 15.3. The van der Waals surface area contributed by atoms with Gasteiger partial charge in [-0.3, -0.25) is 0 Å². The summed E-state index contributed by atoms with van der Waals surface area (Å²) in [6.07, 6.45) is 0.929. The Morgan fingerprint density at radius 1 is 1.14 bits per heavy atom. The highest BCUT2D eigenvalue weighted by molar-refractivity contribution is 5.42. The summed E-state index contributed by atoms with van der Waals surface area (Å²) in [5.74, 6) is 3.30. The maximum atomic E-state index is 5.99. The second-order valence-corrected chi connectivity index (χ2v) is 5.20. The van der Waals surface area contributed by atoms with Gasteiger partial charge in [-0.15, -0.1) is 0 Å². The molecule has 21 heavy (non-hydrogen) atoms. The molecular weight excluding hydrogens is 262 g/mol. The average Bonchev–Trinajstić information content (AvgIpc) is 2.48. The monoisotopic (exact) mass is 285 g/mol. The minimum atomic E-state index is 0.257. The molecule has 0 radical (unpaired) electrons. The quantitative estimate of drug-likeness (QED) is 0.855. The second kappa shape index (κ2) is 7.07. The van der Waals surface area contributed by atoms with Gasteiger partial charge in [-0.1, -0.05) is 39.0 Å². The number of ether oxygens (including phenoxy) is 1. The molecule has 1 heterocycles. The first-order chi connectivity index (χ1) is 10.1. The molecule has 0 saturated heterocycles. The van der Waals surface area contributed by atoms with Crippen LogP contribution >= 0.6 is 0 Å². The van der Waals surface area contributed by atoms with Crippen molar-refractivity contribution in [1.82, 2.24) is 9.97 Å². The molecule has 0 aliphatic rings. The number of benzene rings is 1. The zero-order valence-corrected chi connectivity index (χ0v) is 13.2. The van der Waals surface area contributed by atoms with Crippen molar-refractivity contribution in [3.8, 4) is 11.6 Å². The van der Waals surface area contributed by atoms with Gasteiger partial charge in [-0.05, 0) is 25.0 Å². The SMILES string of the molecule is CCNc1cc(Oc2ccccc2CC)nc(C(C)C)n1. The molecule has 0 bridgehead atoms. The topological polar surface area (TPSA) is 47.0 Å². The van der Waals surface area contributed by atoms with Crippen LogP contribution in [0.2, 0.25) is 0 Å². The molecule has 1 aromatic heterocycles. The molecule has 2 rings (SSSR count). The zero-order valence-electron chi connectivity index (χ0n) is 13.2. The van der Waals surface area contributed by atoms with Gasteiger partial charge in [0.1, 0.15) is 17.4 Å². The Morgan fingerprint density at radius 3 is 2.57 bits per heavy atom. The van der Waals surface area contributed by atoms with E-state index in [1.165, 1.54) is 5.56 Å². The first-order valence-corrected chi connectivity index (χ1v) is 7.52. The van der Waals surface area contributed by atoms with Gasteiger partial charge in [0.25, 0.3) is 0 Å². The molecule has 0 unspecified atom stereocenters. The van der Waals surface area contributed by atoms with Gasteiger partial charge in [-0.25, -0.2) is 4.98 Å². The van der Waals surface area contributed by atoms with Crippen molar-refractivity contribution in [3.63, 3.8) is 0 Å². The van der Waals surface area contributed by atoms with E-state index in [1.807, 2.05) is 31.2 Å². The smallest absolute Gasteiger partial charge is 0.224 e. The second-order valence-electron chi connectivity index (χ2n) is 5.20. The highest BCUT2D eigenvalue weighted by Crippen LogP contribution is 2.26. The van der Waals surface area contributed by atoms with Crippen molar-refractivity contribution in [2.45, 2.75) is 40.0 Å². The lowest BCUT2D eigenvalue weighted by Gasteiger charge is -2.13. The molecule has 4 nitrogen and oxygen atoms in total. The Balaban J connectivity index is 2.34. The van der Waals surface area contributed by atoms with E-state index in [0.717, 1.165) is 30.4 Å². The van der Waals surface area contributed by atoms with Crippen LogP contribution < -0.4 is 10.1 Å². The molecule has 2 aromatic rings. The minimum absolute atomic E-state index is 0.257. The number of anilines is 1. The molecule has 0 aliphatic heterocycles. The van der Waals surface area contributed by atoms with Gasteiger partial charge in [0.2, 0.25) is 5.88 Å². The van der Waals surface area contributed by atoms with Gasteiger partial charge in [0.15, 0.2) is 0 Å². The van der Waals surface area contributed by atoms with Crippen LogP contribution in [0, 0.1) is 0 Å². The van der Waals surface area contributed by atoms with E-state index in [1.54, 1.807) is 0 Å². The summed E-state index contributed by atoms with van der Waals surface area (Å²) in [5.41, 5.74) is 1.17. The van der Waals surface area contributed by atoms with Gasteiger partial charge in [0.05, 0.1) is 0 Å². The van der Waals surface area contributed by atoms with Crippen LogP contribution in [-0.2, 0) is 6.42 Å². The highest BCUT2D eigenvalue weighted by Gasteiger charge is 2.10. The molecule has 4 heteroatoms. The van der Waals surface area contributed by atoms with Crippen molar-refractivity contribution in [2.75, 3.05) is 11.9 Å². The zero-order chi connectivity index (χ0) is 15.2. The molecule has 0 aliphatic carbocycles. The largest absolute Gasteiger partial charge is 0.439 e. The lowest BCUT2D eigenvalue weighted by atomic mass is 10.1. The molecule has 1 N–H and O–H groups in total. The summed E-state index contributed by atoms with van der Waals surface area (Å²) in [6.45, 7) is 9.14. The predicted octanol–water partition coefficient (Wildman–Crippen LogP) is 4.39. The van der Waals surface area contributed by atoms with Crippen LogP contribution in [0.15, 0.2) is 30.3 Å². The number of hydrogen-bond acceptors (Lipinski definition) is 4. The van der Waals surface area contributed by atoms with E-state index in [4.69, 9.17) is 4.74 Å². The van der Waals surface area contributed by atoms with Crippen molar-refractivity contribution < 1.29 is 4.74 Å². The van der Waals surface area contributed by atoms with E-state index in [9.17, 15) is 0 Å². The number of nitrogens with one attached hydrogen (secondary N) is 1.